The largest absolute Gasteiger partial charge is 0.462 e. The number of carbonyl (C=O) groups is 2. The topological polar surface area (TPSA) is 112 Å². The number of nitrogens with zero attached hydrogens (tertiary/aromatic N) is 6. The maximum Gasteiger partial charge on any atom is 0.339 e. The smallest absolute Gasteiger partial charge is 0.339 e. The van der Waals surface area contributed by atoms with Crippen molar-refractivity contribution in [2.45, 2.75) is 40.0 Å². The molecule has 0 aromatic carbocycles. The van der Waals surface area contributed by atoms with Crippen LogP contribution < -0.4 is 4.90 Å². The molecule has 1 saturated heterocycles. The minimum Gasteiger partial charge on any atom is -0.462 e. The maximum absolute atomic E-state index is 13.0. The van der Waals surface area contributed by atoms with Gasteiger partial charge >= 0.3 is 5.97 Å². The lowest BCUT2D eigenvalue weighted by Gasteiger charge is -2.22. The van der Waals surface area contributed by atoms with E-state index in [4.69, 9.17) is 14.2 Å². The van der Waals surface area contributed by atoms with E-state index >= 15 is 0 Å². The Morgan fingerprint density at radius 2 is 1.82 bits per heavy atom. The molecule has 0 N–H and O–H groups in total. The molecule has 0 saturated carbocycles. The number of amides is 1. The number of carbonyl (C=O) groups excluding carboxylic acids is 2. The summed E-state index contributed by atoms with van der Waals surface area (Å²) in [6.07, 6.45) is 3.51. The second-order valence-corrected chi connectivity index (χ2v) is 7.42. The summed E-state index contributed by atoms with van der Waals surface area (Å²) in [7, 11) is 0. The highest BCUT2D eigenvalue weighted by molar-refractivity contribution is 5.92. The predicted octanol–water partition coefficient (Wildman–Crippen LogP) is 1.60. The van der Waals surface area contributed by atoms with E-state index in [9.17, 15) is 9.59 Å². The molecule has 1 aliphatic rings. The first-order valence-corrected chi connectivity index (χ1v) is 11.4. The predicted molar refractivity (Wildman–Crippen MR) is 120 cm³/mol. The number of ether oxygens (including phenoxy) is 3. The molecule has 3 rings (SSSR count). The first-order chi connectivity index (χ1) is 16.0. The minimum atomic E-state index is -0.431. The number of anilines is 1. The Kier molecular flexibility index (Phi) is 9.14. The highest BCUT2D eigenvalue weighted by Crippen LogP contribution is 2.16. The zero-order valence-corrected chi connectivity index (χ0v) is 19.5. The fourth-order valence-electron chi connectivity index (χ4n) is 3.58. The molecule has 0 unspecified atom stereocenters. The summed E-state index contributed by atoms with van der Waals surface area (Å²) in [5.74, 6) is 0.227. The van der Waals surface area contributed by atoms with Crippen LogP contribution in [0.2, 0.25) is 0 Å². The molecule has 0 atom stereocenters. The Hall–Kier alpha value is -3.05. The van der Waals surface area contributed by atoms with Crippen LogP contribution >= 0.6 is 0 Å². The Morgan fingerprint density at radius 1 is 1.03 bits per heavy atom. The summed E-state index contributed by atoms with van der Waals surface area (Å²) in [6.45, 7) is 9.83. The molecule has 1 aliphatic heterocycles. The van der Waals surface area contributed by atoms with Crippen LogP contribution in [0.5, 0.6) is 0 Å². The van der Waals surface area contributed by atoms with Gasteiger partial charge in [-0.3, -0.25) is 4.79 Å². The van der Waals surface area contributed by atoms with Crippen molar-refractivity contribution in [2.24, 2.45) is 0 Å². The summed E-state index contributed by atoms with van der Waals surface area (Å²) < 4.78 is 17.6. The van der Waals surface area contributed by atoms with Crippen molar-refractivity contribution < 1.29 is 23.8 Å². The third-order valence-corrected chi connectivity index (χ3v) is 5.17. The van der Waals surface area contributed by atoms with Crippen LogP contribution in [0, 0.1) is 0 Å². The summed E-state index contributed by atoms with van der Waals surface area (Å²) in [4.78, 5) is 33.1. The van der Waals surface area contributed by atoms with Crippen LogP contribution in [-0.4, -0.2) is 89.0 Å². The van der Waals surface area contributed by atoms with Gasteiger partial charge in [-0.1, -0.05) is 5.21 Å². The van der Waals surface area contributed by atoms with Gasteiger partial charge in [-0.05, 0) is 39.3 Å². The molecule has 1 fully saturated rings. The van der Waals surface area contributed by atoms with E-state index in [2.05, 4.69) is 20.2 Å². The number of esters is 1. The standard InChI is InChI=1S/C22H32N6O5/c1-4-31-20(32-5-2)16-28-15-18(24-25-28)21(29)27-11-7-10-26(12-13-27)19-9-8-17(14-23-19)22(30)33-6-3/h8-9,14-15,20H,4-7,10-13,16H2,1-3H3. The lowest BCUT2D eigenvalue weighted by Crippen LogP contribution is -2.35. The van der Waals surface area contributed by atoms with Crippen molar-refractivity contribution in [2.75, 3.05) is 50.9 Å². The number of hydrogen-bond acceptors (Lipinski definition) is 9. The maximum atomic E-state index is 13.0. The second kappa shape index (κ2) is 12.3. The normalized spacial score (nSPS) is 14.4. The van der Waals surface area contributed by atoms with Crippen LogP contribution in [0.15, 0.2) is 24.5 Å². The van der Waals surface area contributed by atoms with Crippen molar-refractivity contribution >= 4 is 17.7 Å². The molecule has 180 valence electrons. The van der Waals surface area contributed by atoms with E-state index < -0.39 is 6.29 Å². The van der Waals surface area contributed by atoms with E-state index in [1.165, 1.54) is 6.20 Å². The Labute approximate surface area is 193 Å². The molecule has 0 spiro atoms. The number of pyridine rings is 1. The van der Waals surface area contributed by atoms with Gasteiger partial charge in [0.2, 0.25) is 0 Å². The van der Waals surface area contributed by atoms with Crippen LogP contribution in [0.1, 0.15) is 48.0 Å². The Bertz CT molecular complexity index is 897. The van der Waals surface area contributed by atoms with Gasteiger partial charge in [-0.2, -0.15) is 0 Å². The average Bonchev–Trinajstić information content (AvgIpc) is 3.14. The highest BCUT2D eigenvalue weighted by atomic mass is 16.7. The number of hydrogen-bond donors (Lipinski definition) is 0. The van der Waals surface area contributed by atoms with Crippen LogP contribution in [0.4, 0.5) is 5.82 Å². The van der Waals surface area contributed by atoms with Gasteiger partial charge < -0.3 is 24.0 Å². The van der Waals surface area contributed by atoms with Crippen LogP contribution in [0.3, 0.4) is 0 Å². The van der Waals surface area contributed by atoms with Crippen molar-refractivity contribution in [3.05, 3.63) is 35.8 Å². The van der Waals surface area contributed by atoms with Gasteiger partial charge in [0.15, 0.2) is 12.0 Å². The Morgan fingerprint density at radius 3 is 2.48 bits per heavy atom. The van der Waals surface area contributed by atoms with E-state index in [0.717, 1.165) is 18.8 Å². The minimum absolute atomic E-state index is 0.155. The molecular weight excluding hydrogens is 428 g/mol. The summed E-state index contributed by atoms with van der Waals surface area (Å²) in [5.41, 5.74) is 0.721. The first kappa shape index (κ1) is 24.6. The van der Waals surface area contributed by atoms with Gasteiger partial charge in [0.25, 0.3) is 5.91 Å². The molecule has 3 heterocycles. The van der Waals surface area contributed by atoms with Crippen LogP contribution in [0.25, 0.3) is 0 Å². The van der Waals surface area contributed by atoms with Crippen molar-refractivity contribution in [3.8, 4) is 0 Å². The molecule has 11 heteroatoms. The van der Waals surface area contributed by atoms with Gasteiger partial charge in [-0.15, -0.1) is 5.10 Å². The van der Waals surface area contributed by atoms with Gasteiger partial charge in [-0.25, -0.2) is 14.5 Å². The monoisotopic (exact) mass is 460 g/mol. The Balaban J connectivity index is 1.57. The molecule has 2 aromatic heterocycles. The van der Waals surface area contributed by atoms with Crippen LogP contribution in [-0.2, 0) is 20.8 Å². The molecule has 0 radical (unpaired) electrons. The summed E-state index contributed by atoms with van der Waals surface area (Å²) >= 11 is 0. The lowest BCUT2D eigenvalue weighted by atomic mass is 10.2. The summed E-state index contributed by atoms with van der Waals surface area (Å²) in [5, 5.41) is 8.11. The van der Waals surface area contributed by atoms with Gasteiger partial charge in [0, 0.05) is 45.6 Å². The molecular formula is C22H32N6O5. The average molecular weight is 461 g/mol. The molecule has 11 nitrogen and oxygen atoms in total. The summed E-state index contributed by atoms with van der Waals surface area (Å²) in [6, 6.07) is 3.52. The van der Waals surface area contributed by atoms with E-state index in [1.54, 1.807) is 28.8 Å². The van der Waals surface area contributed by atoms with Crippen molar-refractivity contribution in [1.82, 2.24) is 24.9 Å². The molecule has 0 bridgehead atoms. The fourth-order valence-corrected chi connectivity index (χ4v) is 3.58. The highest BCUT2D eigenvalue weighted by Gasteiger charge is 2.24. The van der Waals surface area contributed by atoms with E-state index in [-0.39, 0.29) is 11.9 Å². The SMILES string of the molecule is CCOC(=O)c1ccc(N2CCCN(C(=O)c3cn(CC(OCC)OCC)nn3)CC2)nc1. The lowest BCUT2D eigenvalue weighted by molar-refractivity contribution is -0.145. The third kappa shape index (κ3) is 6.72. The number of rotatable bonds is 10. The zero-order valence-electron chi connectivity index (χ0n) is 19.5. The molecule has 0 aliphatic carbocycles. The van der Waals surface area contributed by atoms with Crippen molar-refractivity contribution in [3.63, 3.8) is 0 Å². The van der Waals surface area contributed by atoms with Gasteiger partial charge in [0.1, 0.15) is 5.82 Å². The molecule has 2 aromatic rings. The quantitative estimate of drug-likeness (QED) is 0.385. The van der Waals surface area contributed by atoms with Gasteiger partial charge in [0.05, 0.1) is 24.9 Å². The number of aromatic nitrogens is 4. The fraction of sp³-hybridized carbons (Fsp3) is 0.591. The zero-order chi connectivity index (χ0) is 23.6. The molecule has 33 heavy (non-hydrogen) atoms. The molecule has 1 amide bonds. The second-order valence-electron chi connectivity index (χ2n) is 7.42. The van der Waals surface area contributed by atoms with Crippen molar-refractivity contribution in [1.29, 1.82) is 0 Å². The van der Waals surface area contributed by atoms with E-state index in [0.29, 0.717) is 57.3 Å². The third-order valence-electron chi connectivity index (χ3n) is 5.17. The first-order valence-electron chi connectivity index (χ1n) is 11.4. The van der Waals surface area contributed by atoms with E-state index in [1.807, 2.05) is 19.9 Å².